The molecule has 0 radical (unpaired) electrons. The van der Waals surface area contributed by atoms with Gasteiger partial charge < -0.3 is 19.3 Å². The van der Waals surface area contributed by atoms with Crippen molar-refractivity contribution in [2.24, 2.45) is 0 Å². The van der Waals surface area contributed by atoms with E-state index in [-0.39, 0.29) is 6.42 Å². The number of hydrogen-bond donors (Lipinski definition) is 1. The number of carbonyl (C=O) groups is 3. The maximum absolute atomic E-state index is 11.9. The second-order valence-electron chi connectivity index (χ2n) is 5.72. The van der Waals surface area contributed by atoms with Gasteiger partial charge in [-0.25, -0.2) is 9.59 Å². The lowest BCUT2D eigenvalue weighted by molar-refractivity contribution is -0.154. The van der Waals surface area contributed by atoms with E-state index in [4.69, 9.17) is 14.2 Å². The molecule has 138 valence electrons. The first-order chi connectivity index (χ1) is 11.8. The van der Waals surface area contributed by atoms with E-state index in [1.807, 2.05) is 0 Å². The highest BCUT2D eigenvalue weighted by Gasteiger charge is 2.20. The Morgan fingerprint density at radius 1 is 1.16 bits per heavy atom. The SMILES string of the molecule is C=CCC1CC(=O)O[C@@H](C)C/C=C/C(=O)O[C@@H](C)[C@H](O)/C=C/C(=O)O1. The first kappa shape index (κ1) is 20.6. The maximum Gasteiger partial charge on any atom is 0.330 e. The van der Waals surface area contributed by atoms with Crippen molar-refractivity contribution in [2.45, 2.75) is 57.5 Å². The summed E-state index contributed by atoms with van der Waals surface area (Å²) in [6.45, 7) is 6.75. The molecular weight excluding hydrogens is 328 g/mol. The highest BCUT2D eigenvalue weighted by Crippen LogP contribution is 2.11. The largest absolute Gasteiger partial charge is 0.462 e. The van der Waals surface area contributed by atoms with E-state index in [9.17, 15) is 19.5 Å². The zero-order valence-electron chi connectivity index (χ0n) is 14.4. The molecule has 1 aliphatic rings. The van der Waals surface area contributed by atoms with Crippen molar-refractivity contribution in [3.8, 4) is 0 Å². The van der Waals surface area contributed by atoms with Gasteiger partial charge in [-0.05, 0) is 19.9 Å². The van der Waals surface area contributed by atoms with Crippen LogP contribution >= 0.6 is 0 Å². The molecule has 0 saturated heterocycles. The molecule has 0 fully saturated rings. The Morgan fingerprint density at radius 2 is 1.84 bits per heavy atom. The zero-order valence-corrected chi connectivity index (χ0v) is 14.4. The summed E-state index contributed by atoms with van der Waals surface area (Å²) >= 11 is 0. The van der Waals surface area contributed by atoms with E-state index in [1.54, 1.807) is 6.92 Å². The molecule has 0 aromatic carbocycles. The fourth-order valence-electron chi connectivity index (χ4n) is 2.05. The minimum Gasteiger partial charge on any atom is -0.462 e. The van der Waals surface area contributed by atoms with Crippen LogP contribution in [0.4, 0.5) is 0 Å². The molecule has 1 heterocycles. The molecule has 1 aliphatic heterocycles. The normalized spacial score (nSPS) is 32.0. The first-order valence-electron chi connectivity index (χ1n) is 8.06. The zero-order chi connectivity index (χ0) is 18.8. The third kappa shape index (κ3) is 8.30. The molecule has 0 spiro atoms. The highest BCUT2D eigenvalue weighted by atomic mass is 16.6. The van der Waals surface area contributed by atoms with Gasteiger partial charge in [0.1, 0.15) is 24.4 Å². The van der Waals surface area contributed by atoms with Gasteiger partial charge in [0.2, 0.25) is 0 Å². The van der Waals surface area contributed by atoms with Crippen LogP contribution in [0.25, 0.3) is 0 Å². The van der Waals surface area contributed by atoms with Crippen molar-refractivity contribution in [3.05, 3.63) is 37.0 Å². The summed E-state index contributed by atoms with van der Waals surface area (Å²) in [5.41, 5.74) is 0. The number of rotatable bonds is 2. The average Bonchev–Trinajstić information content (AvgIpc) is 2.51. The van der Waals surface area contributed by atoms with Crippen molar-refractivity contribution in [1.29, 1.82) is 0 Å². The van der Waals surface area contributed by atoms with E-state index < -0.39 is 42.3 Å². The van der Waals surface area contributed by atoms with Gasteiger partial charge in [0.05, 0.1) is 6.42 Å². The molecule has 0 amide bonds. The monoisotopic (exact) mass is 352 g/mol. The number of esters is 3. The summed E-state index contributed by atoms with van der Waals surface area (Å²) in [6.07, 6.45) is 3.81. The van der Waals surface area contributed by atoms with Crippen molar-refractivity contribution in [2.75, 3.05) is 0 Å². The molecule has 0 saturated carbocycles. The number of carbonyl (C=O) groups excluding carboxylic acids is 3. The summed E-state index contributed by atoms with van der Waals surface area (Å²) in [7, 11) is 0. The Balaban J connectivity index is 2.91. The van der Waals surface area contributed by atoms with E-state index in [2.05, 4.69) is 6.58 Å². The van der Waals surface area contributed by atoms with Crippen molar-refractivity contribution in [3.63, 3.8) is 0 Å². The number of aliphatic hydroxyl groups excluding tert-OH is 1. The molecule has 1 unspecified atom stereocenters. The molecule has 0 aromatic rings. The average molecular weight is 352 g/mol. The quantitative estimate of drug-likeness (QED) is 0.458. The molecule has 0 aliphatic carbocycles. The Bertz CT molecular complexity index is 550. The molecule has 0 aromatic heterocycles. The van der Waals surface area contributed by atoms with Crippen LogP contribution in [0.15, 0.2) is 37.0 Å². The molecule has 4 atom stereocenters. The van der Waals surface area contributed by atoms with E-state index in [1.165, 1.54) is 31.2 Å². The predicted octanol–water partition coefficient (Wildman–Crippen LogP) is 1.60. The Labute approximate surface area is 146 Å². The summed E-state index contributed by atoms with van der Waals surface area (Å²) in [4.78, 5) is 35.4. The van der Waals surface area contributed by atoms with Gasteiger partial charge in [0, 0.05) is 25.0 Å². The molecule has 0 bridgehead atoms. The van der Waals surface area contributed by atoms with Crippen LogP contribution in [-0.4, -0.2) is 47.4 Å². The van der Waals surface area contributed by atoms with Crippen LogP contribution in [0.3, 0.4) is 0 Å². The van der Waals surface area contributed by atoms with Crippen LogP contribution < -0.4 is 0 Å². The summed E-state index contributed by atoms with van der Waals surface area (Å²) < 4.78 is 15.4. The van der Waals surface area contributed by atoms with Gasteiger partial charge in [-0.2, -0.15) is 0 Å². The van der Waals surface area contributed by atoms with Crippen LogP contribution in [0.5, 0.6) is 0 Å². The second-order valence-corrected chi connectivity index (χ2v) is 5.72. The third-order valence-corrected chi connectivity index (χ3v) is 3.37. The number of hydrogen-bond acceptors (Lipinski definition) is 7. The van der Waals surface area contributed by atoms with Gasteiger partial charge in [-0.15, -0.1) is 6.58 Å². The molecular formula is C18H24O7. The topological polar surface area (TPSA) is 99.1 Å². The first-order valence-corrected chi connectivity index (χ1v) is 8.06. The molecule has 7 nitrogen and oxygen atoms in total. The van der Waals surface area contributed by atoms with Crippen LogP contribution in [-0.2, 0) is 28.6 Å². The lowest BCUT2D eigenvalue weighted by Crippen LogP contribution is -2.27. The van der Waals surface area contributed by atoms with Gasteiger partial charge in [-0.3, -0.25) is 4.79 Å². The van der Waals surface area contributed by atoms with Gasteiger partial charge in [0.25, 0.3) is 0 Å². The molecule has 1 N–H and O–H groups in total. The standard InChI is InChI=1S/C18H24O7/c1-4-6-14-11-18(22)23-12(2)7-5-8-16(20)24-13(3)15(19)9-10-17(21)25-14/h4-5,8-10,12-15,19H,1,6-7,11H2,2-3H3/b8-5+,10-9+/t12-,13-,14?,15+/m0/s1. The number of ether oxygens (including phenoxy) is 3. The fraction of sp³-hybridized carbons (Fsp3) is 0.500. The lowest BCUT2D eigenvalue weighted by Gasteiger charge is -2.18. The smallest absolute Gasteiger partial charge is 0.330 e. The number of aliphatic hydroxyl groups is 1. The van der Waals surface area contributed by atoms with E-state index in [0.29, 0.717) is 12.8 Å². The second kappa shape index (κ2) is 10.5. The van der Waals surface area contributed by atoms with Crippen LogP contribution in [0, 0.1) is 0 Å². The van der Waals surface area contributed by atoms with E-state index in [0.717, 1.165) is 6.08 Å². The predicted molar refractivity (Wildman–Crippen MR) is 89.3 cm³/mol. The van der Waals surface area contributed by atoms with Crippen molar-refractivity contribution >= 4 is 17.9 Å². The summed E-state index contributed by atoms with van der Waals surface area (Å²) in [5.74, 6) is -1.88. The third-order valence-electron chi connectivity index (χ3n) is 3.37. The fourth-order valence-corrected chi connectivity index (χ4v) is 2.05. The molecule has 7 heteroatoms. The highest BCUT2D eigenvalue weighted by molar-refractivity contribution is 5.83. The Hall–Kier alpha value is -2.41. The number of cyclic esters (lactones) is 3. The van der Waals surface area contributed by atoms with Gasteiger partial charge in [0.15, 0.2) is 0 Å². The summed E-state index contributed by atoms with van der Waals surface area (Å²) in [6, 6.07) is 0. The van der Waals surface area contributed by atoms with E-state index >= 15 is 0 Å². The van der Waals surface area contributed by atoms with Crippen molar-refractivity contribution in [1.82, 2.24) is 0 Å². The maximum atomic E-state index is 11.9. The van der Waals surface area contributed by atoms with Crippen molar-refractivity contribution < 1.29 is 33.7 Å². The lowest BCUT2D eigenvalue weighted by atomic mass is 10.1. The van der Waals surface area contributed by atoms with Gasteiger partial charge >= 0.3 is 17.9 Å². The minimum atomic E-state index is -1.17. The molecule has 1 rings (SSSR count). The molecule has 25 heavy (non-hydrogen) atoms. The van der Waals surface area contributed by atoms with Crippen LogP contribution in [0.1, 0.15) is 33.1 Å². The Kier molecular flexibility index (Phi) is 8.63. The van der Waals surface area contributed by atoms with Crippen LogP contribution in [0.2, 0.25) is 0 Å². The Morgan fingerprint density at radius 3 is 2.52 bits per heavy atom. The minimum absolute atomic E-state index is 0.110. The summed E-state index contributed by atoms with van der Waals surface area (Å²) in [5, 5.41) is 9.89. The van der Waals surface area contributed by atoms with Gasteiger partial charge in [-0.1, -0.05) is 12.2 Å².